The number of aliphatic imine (C=N–C) groups is 1. The zero-order valence-corrected chi connectivity index (χ0v) is 10.6. The highest BCUT2D eigenvalue weighted by molar-refractivity contribution is 5.73. The summed E-state index contributed by atoms with van der Waals surface area (Å²) in [4.78, 5) is 6.57. The summed E-state index contributed by atoms with van der Waals surface area (Å²) < 4.78 is 5.01. The van der Waals surface area contributed by atoms with E-state index in [2.05, 4.69) is 15.2 Å². The van der Waals surface area contributed by atoms with Crippen molar-refractivity contribution in [2.75, 3.05) is 26.8 Å². The summed E-state index contributed by atoms with van der Waals surface area (Å²) >= 11 is 0. The lowest BCUT2D eigenvalue weighted by molar-refractivity contribution is 0.186. The quantitative estimate of drug-likeness (QED) is 0.518. The summed E-state index contributed by atoms with van der Waals surface area (Å²) in [6, 6.07) is 0.163. The average Bonchev–Trinajstić information content (AvgIpc) is 2.81. The lowest BCUT2D eigenvalue weighted by atomic mass is 10.4. The first-order valence-electron chi connectivity index (χ1n) is 6.00. The predicted octanol–water partition coefficient (Wildman–Crippen LogP) is 1.23. The van der Waals surface area contributed by atoms with Crippen LogP contribution < -0.4 is 5.32 Å². The molecule has 5 nitrogen and oxygen atoms in total. The molecule has 0 aliphatic carbocycles. The highest BCUT2D eigenvalue weighted by Crippen LogP contribution is 2.11. The molecule has 0 aromatic rings. The maximum Gasteiger partial charge on any atom is 0.108 e. The third-order valence-corrected chi connectivity index (χ3v) is 2.65. The molecule has 0 aromatic heterocycles. The van der Waals surface area contributed by atoms with E-state index in [1.807, 2.05) is 13.0 Å². The molecule has 1 heterocycles. The van der Waals surface area contributed by atoms with Crippen molar-refractivity contribution in [1.29, 1.82) is 5.41 Å². The summed E-state index contributed by atoms with van der Waals surface area (Å²) in [5, 5.41) is 10.1. The van der Waals surface area contributed by atoms with Gasteiger partial charge in [-0.05, 0) is 25.8 Å². The van der Waals surface area contributed by atoms with Crippen LogP contribution in [0.15, 0.2) is 16.9 Å². The molecule has 0 bridgehead atoms. The number of nitrogens with zero attached hydrogens (tertiary/aromatic N) is 2. The number of ether oxygens (including phenoxy) is 1. The van der Waals surface area contributed by atoms with E-state index in [0.29, 0.717) is 6.61 Å². The van der Waals surface area contributed by atoms with Crippen LogP contribution in [0.3, 0.4) is 0 Å². The minimum atomic E-state index is 0.163. The molecule has 1 aliphatic rings. The van der Waals surface area contributed by atoms with Crippen LogP contribution in [0.2, 0.25) is 0 Å². The van der Waals surface area contributed by atoms with Gasteiger partial charge in [0.25, 0.3) is 0 Å². The predicted molar refractivity (Wildman–Crippen MR) is 70.6 cm³/mol. The Bertz CT molecular complexity index is 282. The topological polar surface area (TPSA) is 60.7 Å². The summed E-state index contributed by atoms with van der Waals surface area (Å²) in [7, 11) is 1.67. The summed E-state index contributed by atoms with van der Waals surface area (Å²) in [5.74, 6) is 0.950. The molecule has 2 N–H and O–H groups in total. The van der Waals surface area contributed by atoms with E-state index >= 15 is 0 Å². The highest BCUT2D eigenvalue weighted by atomic mass is 16.5. The van der Waals surface area contributed by atoms with Gasteiger partial charge in [-0.25, -0.2) is 0 Å². The van der Waals surface area contributed by atoms with Gasteiger partial charge in [-0.1, -0.05) is 0 Å². The number of hydrogen-bond acceptors (Lipinski definition) is 4. The molecule has 0 radical (unpaired) electrons. The Morgan fingerprint density at radius 2 is 2.24 bits per heavy atom. The van der Waals surface area contributed by atoms with E-state index < -0.39 is 0 Å². The fourth-order valence-electron chi connectivity index (χ4n) is 1.82. The largest absolute Gasteiger partial charge is 0.382 e. The van der Waals surface area contributed by atoms with Crippen molar-refractivity contribution < 1.29 is 4.74 Å². The van der Waals surface area contributed by atoms with Gasteiger partial charge in [-0.15, -0.1) is 0 Å². The second-order valence-corrected chi connectivity index (χ2v) is 4.14. The molecule has 0 aromatic carbocycles. The van der Waals surface area contributed by atoms with Crippen molar-refractivity contribution in [2.24, 2.45) is 4.99 Å². The maximum absolute atomic E-state index is 7.11. The first-order valence-corrected chi connectivity index (χ1v) is 6.00. The van der Waals surface area contributed by atoms with E-state index in [0.717, 1.165) is 18.9 Å². The van der Waals surface area contributed by atoms with Gasteiger partial charge in [-0.2, -0.15) is 0 Å². The van der Waals surface area contributed by atoms with Crippen LogP contribution >= 0.6 is 0 Å². The van der Waals surface area contributed by atoms with Gasteiger partial charge in [0, 0.05) is 26.4 Å². The smallest absolute Gasteiger partial charge is 0.108 e. The van der Waals surface area contributed by atoms with E-state index in [4.69, 9.17) is 10.1 Å². The van der Waals surface area contributed by atoms with Gasteiger partial charge >= 0.3 is 0 Å². The van der Waals surface area contributed by atoms with Crippen molar-refractivity contribution in [2.45, 2.75) is 25.8 Å². The number of likely N-dealkylation sites (tertiary alicyclic amines) is 1. The van der Waals surface area contributed by atoms with Crippen molar-refractivity contribution in [1.82, 2.24) is 10.2 Å². The molecule has 1 fully saturated rings. The molecule has 5 heteroatoms. The fraction of sp³-hybridized carbons (Fsp3) is 0.667. The first-order chi connectivity index (χ1) is 8.27. The number of nitrogens with one attached hydrogen (secondary N) is 2. The number of allylic oxidation sites excluding steroid dienone is 1. The van der Waals surface area contributed by atoms with Crippen LogP contribution in [0.1, 0.15) is 19.8 Å². The third kappa shape index (κ3) is 4.99. The molecule has 96 valence electrons. The second kappa shape index (κ2) is 7.84. The maximum atomic E-state index is 7.11. The van der Waals surface area contributed by atoms with Gasteiger partial charge in [-0.3, -0.25) is 10.4 Å². The minimum absolute atomic E-state index is 0.163. The van der Waals surface area contributed by atoms with E-state index in [9.17, 15) is 0 Å². The number of hydrogen-bond donors (Lipinski definition) is 2. The van der Waals surface area contributed by atoms with Crippen LogP contribution in [0.4, 0.5) is 0 Å². The number of rotatable bonds is 7. The summed E-state index contributed by atoms with van der Waals surface area (Å²) in [6.45, 7) is 4.73. The van der Waals surface area contributed by atoms with Crippen LogP contribution in [-0.4, -0.2) is 50.3 Å². The summed E-state index contributed by atoms with van der Waals surface area (Å²) in [6.07, 6.45) is 7.34. The second-order valence-electron chi connectivity index (χ2n) is 4.14. The molecule has 0 unspecified atom stereocenters. The Morgan fingerprint density at radius 3 is 2.82 bits per heavy atom. The molecule has 1 saturated heterocycles. The molecule has 0 saturated carbocycles. The van der Waals surface area contributed by atoms with Gasteiger partial charge in [0.2, 0.25) is 0 Å². The van der Waals surface area contributed by atoms with Crippen LogP contribution in [0, 0.1) is 5.41 Å². The van der Waals surface area contributed by atoms with Gasteiger partial charge in [0.05, 0.1) is 19.0 Å². The molecular weight excluding hydrogens is 216 g/mol. The van der Waals surface area contributed by atoms with Crippen molar-refractivity contribution in [3.05, 3.63) is 11.9 Å². The van der Waals surface area contributed by atoms with Crippen LogP contribution in [0.25, 0.3) is 0 Å². The normalized spacial score (nSPS) is 18.7. The van der Waals surface area contributed by atoms with E-state index in [1.54, 1.807) is 13.3 Å². The lowest BCUT2D eigenvalue weighted by Gasteiger charge is -2.20. The van der Waals surface area contributed by atoms with E-state index in [-0.39, 0.29) is 6.04 Å². The Hall–Kier alpha value is -1.36. The van der Waals surface area contributed by atoms with Crippen LogP contribution in [0.5, 0.6) is 0 Å². The Labute approximate surface area is 103 Å². The molecule has 0 spiro atoms. The number of methoxy groups -OCH3 is 1. The standard InChI is InChI=1S/C12H22N4O/c1-11(9-17-2)14-6-5-12(15-10-13)16-7-3-4-8-16/h5-6,10-11H,3-4,7-9H2,1-2H3,(H2,13,15)/t11-/m1/s1. The average molecular weight is 238 g/mol. The minimum Gasteiger partial charge on any atom is -0.382 e. The molecular formula is C12H22N4O. The van der Waals surface area contributed by atoms with E-state index in [1.165, 1.54) is 19.2 Å². The Balaban J connectivity index is 2.53. The SMILES string of the molecule is COC[C@@H](C)N=CC=C(NC=N)N1CCCC1. The monoisotopic (exact) mass is 238 g/mol. The first kappa shape index (κ1) is 13.7. The van der Waals surface area contributed by atoms with Crippen molar-refractivity contribution >= 4 is 12.6 Å². The zero-order valence-electron chi connectivity index (χ0n) is 10.6. The highest BCUT2D eigenvalue weighted by Gasteiger charge is 2.13. The molecule has 1 rings (SSSR count). The molecule has 1 atom stereocenters. The lowest BCUT2D eigenvalue weighted by Crippen LogP contribution is -2.28. The fourth-order valence-corrected chi connectivity index (χ4v) is 1.82. The Kier molecular flexibility index (Phi) is 6.32. The summed E-state index contributed by atoms with van der Waals surface area (Å²) in [5.41, 5.74) is 0. The van der Waals surface area contributed by atoms with Gasteiger partial charge < -0.3 is 15.0 Å². The van der Waals surface area contributed by atoms with Crippen molar-refractivity contribution in [3.63, 3.8) is 0 Å². The van der Waals surface area contributed by atoms with Gasteiger partial charge in [0.1, 0.15) is 5.82 Å². The van der Waals surface area contributed by atoms with Crippen LogP contribution in [-0.2, 0) is 4.74 Å². The molecule has 17 heavy (non-hydrogen) atoms. The molecule has 1 aliphatic heterocycles. The molecule has 0 amide bonds. The van der Waals surface area contributed by atoms with Crippen molar-refractivity contribution in [3.8, 4) is 0 Å². The third-order valence-electron chi connectivity index (χ3n) is 2.65. The zero-order chi connectivity index (χ0) is 12.5. The van der Waals surface area contributed by atoms with Gasteiger partial charge in [0.15, 0.2) is 0 Å². The Morgan fingerprint density at radius 1 is 1.53 bits per heavy atom.